The molecule has 4 nitrogen and oxygen atoms in total. The number of hydrogen-bond donors (Lipinski definition) is 0. The smallest absolute Gasteiger partial charge is 0.0403 e. The lowest BCUT2D eigenvalue weighted by Crippen LogP contribution is -2.53. The Morgan fingerprint density at radius 1 is 0.880 bits per heavy atom. The lowest BCUT2D eigenvalue weighted by atomic mass is 9.83. The summed E-state index contributed by atoms with van der Waals surface area (Å²) in [6, 6.07) is 5.36. The number of pyridine rings is 1. The third kappa shape index (κ3) is 4.01. The first kappa shape index (κ1) is 17.3. The fourth-order valence-corrected chi connectivity index (χ4v) is 5.31. The molecule has 3 saturated heterocycles. The minimum atomic E-state index is 0.881. The molecule has 2 unspecified atom stereocenters. The Labute approximate surface area is 153 Å². The minimum absolute atomic E-state index is 0.881. The zero-order chi connectivity index (χ0) is 17.2. The lowest BCUT2D eigenvalue weighted by Gasteiger charge is -2.46. The molecule has 25 heavy (non-hydrogen) atoms. The molecule has 1 aromatic heterocycles. The van der Waals surface area contributed by atoms with E-state index >= 15 is 0 Å². The van der Waals surface area contributed by atoms with Crippen molar-refractivity contribution in [2.24, 2.45) is 5.92 Å². The van der Waals surface area contributed by atoms with E-state index in [1.54, 1.807) is 0 Å². The standard InChI is InChI=1S/C21H34N4/c1-17-14-20(15-18(2)22-17)24-12-10-23(11-13-24)16-19-6-5-9-25-8-4-3-7-21(19)25/h14-15,19,21H,3-13,16H2,1-2H3. The molecule has 0 radical (unpaired) electrons. The van der Waals surface area contributed by atoms with Crippen molar-refractivity contribution >= 4 is 5.69 Å². The van der Waals surface area contributed by atoms with Crippen LogP contribution in [0.15, 0.2) is 12.1 Å². The minimum Gasteiger partial charge on any atom is -0.369 e. The third-order valence-corrected chi connectivity index (χ3v) is 6.53. The Morgan fingerprint density at radius 3 is 2.36 bits per heavy atom. The van der Waals surface area contributed by atoms with Gasteiger partial charge in [0.2, 0.25) is 0 Å². The number of nitrogens with zero attached hydrogens (tertiary/aromatic N) is 4. The van der Waals surface area contributed by atoms with Crippen LogP contribution in [-0.4, -0.2) is 66.6 Å². The Hall–Kier alpha value is -1.13. The fourth-order valence-electron chi connectivity index (χ4n) is 5.31. The zero-order valence-corrected chi connectivity index (χ0v) is 16.1. The van der Waals surface area contributed by atoms with E-state index in [2.05, 4.69) is 45.7 Å². The summed E-state index contributed by atoms with van der Waals surface area (Å²) in [4.78, 5) is 12.6. The Bertz CT molecular complexity index is 557. The average Bonchev–Trinajstić information content (AvgIpc) is 2.62. The van der Waals surface area contributed by atoms with Gasteiger partial charge < -0.3 is 9.80 Å². The lowest BCUT2D eigenvalue weighted by molar-refractivity contribution is 0.0394. The average molecular weight is 343 g/mol. The maximum atomic E-state index is 4.52. The molecule has 0 amide bonds. The summed E-state index contributed by atoms with van der Waals surface area (Å²) in [6.45, 7) is 13.0. The molecular weight excluding hydrogens is 308 g/mol. The molecule has 0 N–H and O–H groups in total. The van der Waals surface area contributed by atoms with Crippen LogP contribution in [0, 0.1) is 19.8 Å². The van der Waals surface area contributed by atoms with E-state index < -0.39 is 0 Å². The molecule has 4 heteroatoms. The third-order valence-electron chi connectivity index (χ3n) is 6.53. The molecule has 0 spiro atoms. The van der Waals surface area contributed by atoms with Crippen LogP contribution in [0.1, 0.15) is 43.5 Å². The van der Waals surface area contributed by atoms with Gasteiger partial charge in [-0.15, -0.1) is 0 Å². The Balaban J connectivity index is 1.32. The van der Waals surface area contributed by atoms with E-state index in [-0.39, 0.29) is 0 Å². The fraction of sp³-hybridized carbons (Fsp3) is 0.762. The number of aryl methyl sites for hydroxylation is 2. The highest BCUT2D eigenvalue weighted by Gasteiger charge is 2.34. The molecule has 0 aromatic carbocycles. The first-order valence-corrected chi connectivity index (χ1v) is 10.4. The van der Waals surface area contributed by atoms with E-state index in [1.807, 2.05) is 0 Å². The second-order valence-corrected chi connectivity index (χ2v) is 8.40. The number of piperazine rings is 1. The second-order valence-electron chi connectivity index (χ2n) is 8.40. The topological polar surface area (TPSA) is 22.6 Å². The van der Waals surface area contributed by atoms with Gasteiger partial charge in [-0.1, -0.05) is 6.42 Å². The van der Waals surface area contributed by atoms with Gasteiger partial charge in [-0.2, -0.15) is 0 Å². The van der Waals surface area contributed by atoms with Crippen LogP contribution >= 0.6 is 0 Å². The van der Waals surface area contributed by atoms with Crippen molar-refractivity contribution in [1.82, 2.24) is 14.8 Å². The molecule has 2 atom stereocenters. The predicted octanol–water partition coefficient (Wildman–Crippen LogP) is 3.08. The van der Waals surface area contributed by atoms with Crippen LogP contribution in [0.25, 0.3) is 0 Å². The van der Waals surface area contributed by atoms with Gasteiger partial charge in [0.15, 0.2) is 0 Å². The van der Waals surface area contributed by atoms with E-state index in [0.29, 0.717) is 0 Å². The van der Waals surface area contributed by atoms with Crippen LogP contribution in [0.5, 0.6) is 0 Å². The van der Waals surface area contributed by atoms with Gasteiger partial charge in [-0.25, -0.2) is 0 Å². The van der Waals surface area contributed by atoms with E-state index in [1.165, 1.54) is 70.5 Å². The molecule has 0 aliphatic carbocycles. The molecule has 138 valence electrons. The molecule has 4 heterocycles. The van der Waals surface area contributed by atoms with Crippen molar-refractivity contribution in [2.45, 2.75) is 52.0 Å². The predicted molar refractivity (Wildman–Crippen MR) is 104 cm³/mol. The molecule has 1 aromatic rings. The van der Waals surface area contributed by atoms with Crippen molar-refractivity contribution in [1.29, 1.82) is 0 Å². The van der Waals surface area contributed by atoms with Crippen molar-refractivity contribution in [3.8, 4) is 0 Å². The SMILES string of the molecule is Cc1cc(N2CCN(CC3CCCN4CCCCC34)CC2)cc(C)n1. The summed E-state index contributed by atoms with van der Waals surface area (Å²) in [5.41, 5.74) is 3.63. The molecule has 3 aliphatic rings. The van der Waals surface area contributed by atoms with Crippen LogP contribution < -0.4 is 4.90 Å². The van der Waals surface area contributed by atoms with E-state index in [0.717, 1.165) is 36.4 Å². The maximum Gasteiger partial charge on any atom is 0.0403 e. The monoisotopic (exact) mass is 342 g/mol. The normalized spacial score (nSPS) is 28.8. The molecule has 0 saturated carbocycles. The van der Waals surface area contributed by atoms with Crippen LogP contribution in [0.3, 0.4) is 0 Å². The summed E-state index contributed by atoms with van der Waals surface area (Å²) >= 11 is 0. The second kappa shape index (κ2) is 7.63. The van der Waals surface area contributed by atoms with Gasteiger partial charge in [-0.3, -0.25) is 9.88 Å². The summed E-state index contributed by atoms with van der Waals surface area (Å²) in [6.07, 6.45) is 7.18. The Morgan fingerprint density at radius 2 is 1.60 bits per heavy atom. The van der Waals surface area contributed by atoms with Crippen molar-refractivity contribution < 1.29 is 0 Å². The van der Waals surface area contributed by atoms with Gasteiger partial charge in [0.25, 0.3) is 0 Å². The Kier molecular flexibility index (Phi) is 5.28. The zero-order valence-electron chi connectivity index (χ0n) is 16.1. The van der Waals surface area contributed by atoms with Gasteiger partial charge in [0, 0.05) is 55.8 Å². The largest absolute Gasteiger partial charge is 0.369 e. The first-order valence-electron chi connectivity index (χ1n) is 10.4. The summed E-state index contributed by atoms with van der Waals surface area (Å²) in [5, 5.41) is 0. The number of fused-ring (bicyclic) bond motifs is 1. The van der Waals surface area contributed by atoms with Gasteiger partial charge >= 0.3 is 0 Å². The number of piperidine rings is 2. The van der Waals surface area contributed by atoms with Crippen LogP contribution in [0.2, 0.25) is 0 Å². The summed E-state index contributed by atoms with van der Waals surface area (Å²) in [7, 11) is 0. The van der Waals surface area contributed by atoms with E-state index in [9.17, 15) is 0 Å². The summed E-state index contributed by atoms with van der Waals surface area (Å²) < 4.78 is 0. The highest BCUT2D eigenvalue weighted by atomic mass is 15.3. The maximum absolute atomic E-state index is 4.52. The summed E-state index contributed by atoms with van der Waals surface area (Å²) in [5.74, 6) is 0.908. The number of rotatable bonds is 3. The van der Waals surface area contributed by atoms with Crippen LogP contribution in [0.4, 0.5) is 5.69 Å². The molecule has 4 rings (SSSR count). The molecule has 3 fully saturated rings. The number of hydrogen-bond acceptors (Lipinski definition) is 4. The van der Waals surface area contributed by atoms with Crippen molar-refractivity contribution in [2.75, 3.05) is 50.7 Å². The van der Waals surface area contributed by atoms with Crippen molar-refractivity contribution in [3.63, 3.8) is 0 Å². The van der Waals surface area contributed by atoms with Gasteiger partial charge in [0.05, 0.1) is 0 Å². The molecule has 3 aliphatic heterocycles. The van der Waals surface area contributed by atoms with Gasteiger partial charge in [-0.05, 0) is 70.7 Å². The van der Waals surface area contributed by atoms with Crippen LogP contribution in [-0.2, 0) is 0 Å². The number of aromatic nitrogens is 1. The first-order chi connectivity index (χ1) is 12.2. The number of anilines is 1. The molecule has 0 bridgehead atoms. The van der Waals surface area contributed by atoms with Crippen molar-refractivity contribution in [3.05, 3.63) is 23.5 Å². The highest BCUT2D eigenvalue weighted by molar-refractivity contribution is 5.48. The quantitative estimate of drug-likeness (QED) is 0.842. The van der Waals surface area contributed by atoms with Gasteiger partial charge in [0.1, 0.15) is 0 Å². The van der Waals surface area contributed by atoms with E-state index in [4.69, 9.17) is 0 Å². The highest BCUT2D eigenvalue weighted by Crippen LogP contribution is 2.31. The molecular formula is C21H34N4.